The molecule has 0 radical (unpaired) electrons. The number of carbonyl (C=O) groups is 3. The van der Waals surface area contributed by atoms with E-state index in [1.807, 2.05) is 27.7 Å². The van der Waals surface area contributed by atoms with Crippen LogP contribution in [0.2, 0.25) is 0 Å². The van der Waals surface area contributed by atoms with Crippen LogP contribution >= 0.6 is 0 Å². The van der Waals surface area contributed by atoms with Crippen molar-refractivity contribution in [1.82, 2.24) is 0 Å². The van der Waals surface area contributed by atoms with E-state index in [0.717, 1.165) is 0 Å². The third-order valence-corrected chi connectivity index (χ3v) is 11.2. The minimum Gasteiger partial charge on any atom is -0.472 e. The Morgan fingerprint density at radius 2 is 1.94 bits per heavy atom. The fourth-order valence-electron chi connectivity index (χ4n) is 9.14. The van der Waals surface area contributed by atoms with Crippen molar-refractivity contribution in [3.63, 3.8) is 0 Å². The second-order valence-corrected chi connectivity index (χ2v) is 12.5. The molecule has 36 heavy (non-hydrogen) atoms. The molecule has 2 aliphatic heterocycles. The molecule has 1 spiro atoms. The molecule has 1 aromatic rings. The first-order valence-corrected chi connectivity index (χ1v) is 12.7. The first kappa shape index (κ1) is 24.1. The number of esters is 2. The van der Waals surface area contributed by atoms with Gasteiger partial charge in [0.15, 0.2) is 6.10 Å². The van der Waals surface area contributed by atoms with Crippen LogP contribution in [0.15, 0.2) is 23.0 Å². The van der Waals surface area contributed by atoms with Crippen LogP contribution in [0.3, 0.4) is 0 Å². The van der Waals surface area contributed by atoms with Gasteiger partial charge in [0.05, 0.1) is 37.6 Å². The van der Waals surface area contributed by atoms with E-state index in [1.165, 1.54) is 19.6 Å². The zero-order chi connectivity index (χ0) is 26.1. The number of furan rings is 1. The molecule has 196 valence electrons. The number of methoxy groups -OCH3 is 1. The normalized spacial score (nSPS) is 49.1. The maximum Gasteiger partial charge on any atom is 0.335 e. The van der Waals surface area contributed by atoms with Gasteiger partial charge in [0, 0.05) is 34.1 Å². The molecule has 3 aliphatic carbocycles. The molecular weight excluding hydrogens is 468 g/mol. The molecule has 5 fully saturated rings. The van der Waals surface area contributed by atoms with E-state index in [9.17, 15) is 24.6 Å². The Balaban J connectivity index is 1.55. The number of Topliss-reactive ketones (excluding diaryl/α,β-unsaturated/α-hetero) is 1. The maximum atomic E-state index is 13.9. The second-order valence-electron chi connectivity index (χ2n) is 12.5. The number of ether oxygens (including phenoxy) is 3. The zero-order valence-corrected chi connectivity index (χ0v) is 21.3. The zero-order valence-electron chi connectivity index (χ0n) is 21.3. The van der Waals surface area contributed by atoms with Gasteiger partial charge in [-0.05, 0) is 32.3 Å². The lowest BCUT2D eigenvalue weighted by Crippen LogP contribution is -2.75. The van der Waals surface area contributed by atoms with Crippen molar-refractivity contribution < 1.29 is 43.2 Å². The Bertz CT molecular complexity index is 1140. The van der Waals surface area contributed by atoms with Crippen LogP contribution < -0.4 is 0 Å². The minimum atomic E-state index is -1.64. The number of hydrogen-bond acceptors (Lipinski definition) is 9. The van der Waals surface area contributed by atoms with Crippen molar-refractivity contribution in [2.75, 3.05) is 7.11 Å². The molecule has 1 aromatic heterocycles. The Morgan fingerprint density at radius 1 is 1.22 bits per heavy atom. The Hall–Kier alpha value is -2.23. The van der Waals surface area contributed by atoms with Crippen molar-refractivity contribution in [2.45, 2.75) is 82.4 Å². The maximum absolute atomic E-state index is 13.9. The van der Waals surface area contributed by atoms with Crippen LogP contribution in [-0.4, -0.2) is 58.0 Å². The number of aliphatic hydroxyl groups excluding tert-OH is 1. The molecule has 3 bridgehead atoms. The summed E-state index contributed by atoms with van der Waals surface area (Å²) in [5.74, 6) is -3.88. The number of cyclic esters (lactones) is 1. The quantitative estimate of drug-likeness (QED) is 0.598. The highest BCUT2D eigenvalue weighted by Crippen LogP contribution is 2.76. The summed E-state index contributed by atoms with van der Waals surface area (Å²) in [6, 6.07) is 1.73. The van der Waals surface area contributed by atoms with Gasteiger partial charge in [-0.2, -0.15) is 0 Å². The van der Waals surface area contributed by atoms with Gasteiger partial charge >= 0.3 is 11.9 Å². The molecule has 2 saturated heterocycles. The van der Waals surface area contributed by atoms with E-state index in [2.05, 4.69) is 0 Å². The highest BCUT2D eigenvalue weighted by molar-refractivity contribution is 5.90. The van der Waals surface area contributed by atoms with Crippen molar-refractivity contribution in [3.8, 4) is 0 Å². The van der Waals surface area contributed by atoms with Crippen molar-refractivity contribution >= 4 is 17.7 Å². The van der Waals surface area contributed by atoms with Crippen molar-refractivity contribution in [2.24, 2.45) is 34.5 Å². The number of fused-ring (bicyclic) bond motifs is 3. The van der Waals surface area contributed by atoms with E-state index < -0.39 is 75.5 Å². The van der Waals surface area contributed by atoms with Gasteiger partial charge in [-0.3, -0.25) is 9.59 Å². The van der Waals surface area contributed by atoms with E-state index >= 15 is 0 Å². The predicted octanol–water partition coefficient (Wildman–Crippen LogP) is 2.34. The van der Waals surface area contributed by atoms with Crippen LogP contribution in [0.5, 0.6) is 0 Å². The number of aliphatic hydroxyl groups is 2. The third kappa shape index (κ3) is 2.41. The van der Waals surface area contributed by atoms with Gasteiger partial charge in [0.2, 0.25) is 0 Å². The summed E-state index contributed by atoms with van der Waals surface area (Å²) in [6.07, 6.45) is 1.75. The van der Waals surface area contributed by atoms with Gasteiger partial charge in [-0.1, -0.05) is 20.8 Å². The molecule has 9 nitrogen and oxygen atoms in total. The average molecular weight is 503 g/mol. The molecule has 9 heteroatoms. The smallest absolute Gasteiger partial charge is 0.335 e. The summed E-state index contributed by atoms with van der Waals surface area (Å²) in [5.41, 5.74) is -5.00. The Labute approximate surface area is 209 Å². The highest BCUT2D eigenvalue weighted by Gasteiger charge is 2.85. The van der Waals surface area contributed by atoms with Crippen molar-refractivity contribution in [1.29, 1.82) is 0 Å². The molecule has 0 aromatic carbocycles. The van der Waals surface area contributed by atoms with E-state index in [4.69, 9.17) is 18.6 Å². The molecule has 2 N–H and O–H groups in total. The fraction of sp³-hybridized carbons (Fsp3) is 0.741. The van der Waals surface area contributed by atoms with Gasteiger partial charge in [0.25, 0.3) is 0 Å². The summed E-state index contributed by atoms with van der Waals surface area (Å²) >= 11 is 0. The lowest BCUT2D eigenvalue weighted by atomic mass is 9.39. The molecule has 0 amide bonds. The summed E-state index contributed by atoms with van der Waals surface area (Å²) in [7, 11) is 1.21. The van der Waals surface area contributed by atoms with Crippen LogP contribution in [0.1, 0.15) is 65.0 Å². The summed E-state index contributed by atoms with van der Waals surface area (Å²) in [6.45, 7) is 7.60. The first-order valence-electron chi connectivity index (χ1n) is 12.7. The largest absolute Gasteiger partial charge is 0.472 e. The van der Waals surface area contributed by atoms with E-state index in [0.29, 0.717) is 18.4 Å². The number of rotatable bonds is 3. The molecule has 10 atom stereocenters. The van der Waals surface area contributed by atoms with E-state index in [-0.39, 0.29) is 18.6 Å². The molecule has 6 rings (SSSR count). The minimum absolute atomic E-state index is 0.0418. The number of carbonyl (C=O) groups excluding carboxylic acids is 3. The standard InChI is InChI=1S/C27H34O9/c1-23(2)18(20(30)22(31)33-5)17-14-6-8-24(3)21(13-7-9-34-12-13)35-16(28)11-27(24,32)26(14)10-15(19(17)29)25(23,4)36-26/h7,9,12,14-15,17-18,20-21,30,32H,6,8,10-11H2,1-5H3. The van der Waals surface area contributed by atoms with Gasteiger partial charge < -0.3 is 28.8 Å². The van der Waals surface area contributed by atoms with E-state index in [1.54, 1.807) is 6.07 Å². The Kier molecular flexibility index (Phi) is 4.69. The van der Waals surface area contributed by atoms with Gasteiger partial charge in [-0.25, -0.2) is 4.79 Å². The number of ketones is 1. The third-order valence-electron chi connectivity index (χ3n) is 11.2. The van der Waals surface area contributed by atoms with Crippen LogP contribution in [0.25, 0.3) is 0 Å². The summed E-state index contributed by atoms with van der Waals surface area (Å²) in [5, 5.41) is 23.9. The molecule has 5 aliphatic rings. The number of hydrogen-bond donors (Lipinski definition) is 2. The molecular formula is C27H34O9. The second kappa shape index (κ2) is 6.99. The fourth-order valence-corrected chi connectivity index (χ4v) is 9.14. The molecule has 10 unspecified atom stereocenters. The molecule has 3 heterocycles. The first-order chi connectivity index (χ1) is 16.8. The summed E-state index contributed by atoms with van der Waals surface area (Å²) in [4.78, 5) is 39.5. The lowest BCUT2D eigenvalue weighted by Gasteiger charge is -2.65. The topological polar surface area (TPSA) is 132 Å². The lowest BCUT2D eigenvalue weighted by molar-refractivity contribution is -0.321. The van der Waals surface area contributed by atoms with Crippen molar-refractivity contribution in [3.05, 3.63) is 24.2 Å². The summed E-state index contributed by atoms with van der Waals surface area (Å²) < 4.78 is 23.0. The van der Waals surface area contributed by atoms with Crippen LogP contribution in [0.4, 0.5) is 0 Å². The van der Waals surface area contributed by atoms with Gasteiger partial charge in [-0.15, -0.1) is 0 Å². The highest BCUT2D eigenvalue weighted by atomic mass is 16.6. The molecule has 3 saturated carbocycles. The van der Waals surface area contributed by atoms with Crippen LogP contribution in [-0.2, 0) is 28.6 Å². The monoisotopic (exact) mass is 502 g/mol. The average Bonchev–Trinajstić information content (AvgIpc) is 3.43. The predicted molar refractivity (Wildman–Crippen MR) is 122 cm³/mol. The SMILES string of the molecule is COC(=O)C(O)C1C2C(=O)C3CC4(OC3(C)C1(C)C)C2CCC1(C)C(c2ccoc2)OC(=O)CC14O. The Morgan fingerprint density at radius 3 is 2.58 bits per heavy atom. The van der Waals surface area contributed by atoms with Crippen LogP contribution in [0, 0.1) is 34.5 Å². The van der Waals surface area contributed by atoms with Gasteiger partial charge in [0.1, 0.15) is 23.1 Å².